The number of aryl methyl sites for hydroxylation is 1. The molecule has 10 heavy (non-hydrogen) atoms. The van der Waals surface area contributed by atoms with Crippen molar-refractivity contribution >= 4 is 29.2 Å². The van der Waals surface area contributed by atoms with Crippen LogP contribution in [0.1, 0.15) is 22.2 Å². The van der Waals surface area contributed by atoms with E-state index in [9.17, 15) is 4.79 Å². The Bertz CT molecular complexity index is 242. The predicted octanol–water partition coefficient (Wildman–Crippen LogP) is 2.78. The SMILES string of the molecule is CCc1sc(Cl)cc1C=O. The Balaban J connectivity index is 3.08. The van der Waals surface area contributed by atoms with Gasteiger partial charge in [-0.15, -0.1) is 11.3 Å². The number of carbonyl (C=O) groups excluding carboxylic acids is 1. The number of hydrogen-bond acceptors (Lipinski definition) is 2. The quantitative estimate of drug-likeness (QED) is 0.631. The zero-order chi connectivity index (χ0) is 7.56. The lowest BCUT2D eigenvalue weighted by Gasteiger charge is -1.86. The van der Waals surface area contributed by atoms with Gasteiger partial charge in [-0.1, -0.05) is 18.5 Å². The Hall–Kier alpha value is -0.340. The summed E-state index contributed by atoms with van der Waals surface area (Å²) in [6, 6.07) is 1.71. The van der Waals surface area contributed by atoms with Gasteiger partial charge in [0.15, 0.2) is 6.29 Å². The summed E-state index contributed by atoms with van der Waals surface area (Å²) in [5.74, 6) is 0. The third-order valence-corrected chi connectivity index (χ3v) is 2.68. The Kier molecular flexibility index (Phi) is 2.46. The lowest BCUT2D eigenvalue weighted by atomic mass is 10.2. The van der Waals surface area contributed by atoms with Gasteiger partial charge in [-0.2, -0.15) is 0 Å². The zero-order valence-corrected chi connectivity index (χ0v) is 7.13. The van der Waals surface area contributed by atoms with E-state index in [-0.39, 0.29) is 0 Å². The minimum absolute atomic E-state index is 0.693. The van der Waals surface area contributed by atoms with Gasteiger partial charge in [0.2, 0.25) is 0 Å². The van der Waals surface area contributed by atoms with E-state index in [4.69, 9.17) is 11.6 Å². The molecule has 1 rings (SSSR count). The van der Waals surface area contributed by atoms with Gasteiger partial charge in [-0.05, 0) is 12.5 Å². The molecule has 0 bridgehead atoms. The van der Waals surface area contributed by atoms with Crippen LogP contribution in [0, 0.1) is 0 Å². The molecule has 0 aliphatic carbocycles. The summed E-state index contributed by atoms with van der Waals surface area (Å²) in [5.41, 5.74) is 0.734. The molecule has 0 spiro atoms. The van der Waals surface area contributed by atoms with Crippen molar-refractivity contribution in [2.75, 3.05) is 0 Å². The van der Waals surface area contributed by atoms with Crippen LogP contribution in [0.2, 0.25) is 4.34 Å². The molecule has 1 aromatic heterocycles. The summed E-state index contributed by atoms with van der Waals surface area (Å²) in [4.78, 5) is 11.4. The second-order valence-corrected chi connectivity index (χ2v) is 3.67. The molecule has 0 N–H and O–H groups in total. The van der Waals surface area contributed by atoms with E-state index < -0.39 is 0 Å². The number of hydrogen-bond donors (Lipinski definition) is 0. The summed E-state index contributed by atoms with van der Waals surface area (Å²) in [5, 5.41) is 0. The topological polar surface area (TPSA) is 17.1 Å². The molecule has 0 unspecified atom stereocenters. The van der Waals surface area contributed by atoms with Crippen molar-refractivity contribution in [3.63, 3.8) is 0 Å². The Morgan fingerprint density at radius 1 is 1.80 bits per heavy atom. The van der Waals surface area contributed by atoms with Crippen LogP contribution in [0.25, 0.3) is 0 Å². The molecule has 0 radical (unpaired) electrons. The summed E-state index contributed by atoms with van der Waals surface area (Å²) in [7, 11) is 0. The van der Waals surface area contributed by atoms with Gasteiger partial charge < -0.3 is 0 Å². The largest absolute Gasteiger partial charge is 0.298 e. The van der Waals surface area contributed by atoms with Crippen LogP contribution >= 0.6 is 22.9 Å². The van der Waals surface area contributed by atoms with Gasteiger partial charge in [0, 0.05) is 10.4 Å². The molecule has 0 amide bonds. The predicted molar refractivity (Wildman–Crippen MR) is 44.1 cm³/mol. The summed E-state index contributed by atoms with van der Waals surface area (Å²) in [6.07, 6.45) is 1.73. The van der Waals surface area contributed by atoms with Gasteiger partial charge in [-0.3, -0.25) is 4.79 Å². The fourth-order valence-electron chi connectivity index (χ4n) is 0.785. The van der Waals surface area contributed by atoms with Crippen molar-refractivity contribution in [1.82, 2.24) is 0 Å². The van der Waals surface area contributed by atoms with Crippen LogP contribution in [-0.2, 0) is 6.42 Å². The Labute approximate surface area is 68.6 Å². The molecule has 3 heteroatoms. The van der Waals surface area contributed by atoms with Crippen LogP contribution < -0.4 is 0 Å². The maximum Gasteiger partial charge on any atom is 0.151 e. The van der Waals surface area contributed by atoms with Gasteiger partial charge >= 0.3 is 0 Å². The molecule has 1 nitrogen and oxygen atoms in total. The van der Waals surface area contributed by atoms with Crippen molar-refractivity contribution in [3.05, 3.63) is 20.8 Å². The third kappa shape index (κ3) is 1.39. The lowest BCUT2D eigenvalue weighted by Crippen LogP contribution is -1.80. The fourth-order valence-corrected chi connectivity index (χ4v) is 1.97. The maximum atomic E-state index is 10.3. The fraction of sp³-hybridized carbons (Fsp3) is 0.286. The zero-order valence-electron chi connectivity index (χ0n) is 5.56. The first kappa shape index (κ1) is 7.76. The number of aldehydes is 1. The Morgan fingerprint density at radius 2 is 2.50 bits per heavy atom. The average molecular weight is 175 g/mol. The second-order valence-electron chi connectivity index (χ2n) is 1.90. The highest BCUT2D eigenvalue weighted by molar-refractivity contribution is 7.16. The number of thiophene rings is 1. The molecule has 0 fully saturated rings. The first-order valence-corrected chi connectivity index (χ1v) is 4.20. The molecule has 0 saturated heterocycles. The normalized spacial score (nSPS) is 9.80. The number of rotatable bonds is 2. The lowest BCUT2D eigenvalue weighted by molar-refractivity contribution is 0.112. The highest BCUT2D eigenvalue weighted by Gasteiger charge is 2.03. The standard InChI is InChI=1S/C7H7ClOS/c1-2-6-5(4-9)3-7(8)10-6/h3-4H,2H2,1H3. The Morgan fingerprint density at radius 3 is 2.90 bits per heavy atom. The van der Waals surface area contributed by atoms with E-state index in [0.717, 1.165) is 23.1 Å². The van der Waals surface area contributed by atoms with Gasteiger partial charge in [0.1, 0.15) is 0 Å². The summed E-state index contributed by atoms with van der Waals surface area (Å²) >= 11 is 7.16. The van der Waals surface area contributed by atoms with E-state index in [1.54, 1.807) is 6.07 Å². The van der Waals surface area contributed by atoms with E-state index in [1.807, 2.05) is 6.92 Å². The van der Waals surface area contributed by atoms with Crippen LogP contribution in [0.15, 0.2) is 6.07 Å². The molecule has 0 saturated carbocycles. The number of carbonyl (C=O) groups is 1. The van der Waals surface area contributed by atoms with Gasteiger partial charge in [0.05, 0.1) is 4.34 Å². The van der Waals surface area contributed by atoms with Crippen molar-refractivity contribution in [3.8, 4) is 0 Å². The molecular weight excluding hydrogens is 168 g/mol. The van der Waals surface area contributed by atoms with E-state index in [2.05, 4.69) is 0 Å². The van der Waals surface area contributed by atoms with E-state index in [0.29, 0.717) is 4.34 Å². The molecule has 54 valence electrons. The van der Waals surface area contributed by atoms with Crippen LogP contribution in [0.5, 0.6) is 0 Å². The van der Waals surface area contributed by atoms with Gasteiger partial charge in [0.25, 0.3) is 0 Å². The molecule has 0 atom stereocenters. The summed E-state index contributed by atoms with van der Waals surface area (Å²) < 4.78 is 0.693. The van der Waals surface area contributed by atoms with Gasteiger partial charge in [-0.25, -0.2) is 0 Å². The first-order chi connectivity index (χ1) is 4.77. The molecule has 1 heterocycles. The van der Waals surface area contributed by atoms with E-state index >= 15 is 0 Å². The maximum absolute atomic E-state index is 10.3. The monoisotopic (exact) mass is 174 g/mol. The minimum Gasteiger partial charge on any atom is -0.298 e. The first-order valence-electron chi connectivity index (χ1n) is 3.01. The highest BCUT2D eigenvalue weighted by atomic mass is 35.5. The molecule has 0 aromatic carbocycles. The van der Waals surface area contributed by atoms with E-state index in [1.165, 1.54) is 11.3 Å². The molecule has 1 aromatic rings. The van der Waals surface area contributed by atoms with Crippen molar-refractivity contribution < 1.29 is 4.79 Å². The second kappa shape index (κ2) is 3.17. The smallest absolute Gasteiger partial charge is 0.151 e. The van der Waals surface area contributed by atoms with Crippen LogP contribution in [0.4, 0.5) is 0 Å². The molecule has 0 aliphatic heterocycles. The summed E-state index contributed by atoms with van der Waals surface area (Å²) in [6.45, 7) is 2.01. The van der Waals surface area contributed by atoms with Crippen molar-refractivity contribution in [2.45, 2.75) is 13.3 Å². The van der Waals surface area contributed by atoms with Crippen LogP contribution in [-0.4, -0.2) is 6.29 Å². The third-order valence-electron chi connectivity index (χ3n) is 1.26. The van der Waals surface area contributed by atoms with Crippen molar-refractivity contribution in [2.24, 2.45) is 0 Å². The minimum atomic E-state index is 0.693. The molecular formula is C7H7ClOS. The molecule has 0 aliphatic rings. The average Bonchev–Trinajstić information content (AvgIpc) is 2.30. The number of halogens is 1. The van der Waals surface area contributed by atoms with Crippen LogP contribution in [0.3, 0.4) is 0 Å². The van der Waals surface area contributed by atoms with Crippen molar-refractivity contribution in [1.29, 1.82) is 0 Å². The highest BCUT2D eigenvalue weighted by Crippen LogP contribution is 2.25.